The van der Waals surface area contributed by atoms with Crippen molar-refractivity contribution in [2.75, 3.05) is 27.3 Å². The Morgan fingerprint density at radius 3 is 2.71 bits per heavy atom. The maximum Gasteiger partial charge on any atom is 0.192 e. The van der Waals surface area contributed by atoms with Gasteiger partial charge in [-0.2, -0.15) is 0 Å². The molecule has 1 aromatic carbocycles. The van der Waals surface area contributed by atoms with Crippen LogP contribution in [0.4, 0.5) is 0 Å². The van der Waals surface area contributed by atoms with E-state index in [4.69, 9.17) is 15.2 Å². The number of benzene rings is 1. The van der Waals surface area contributed by atoms with Crippen molar-refractivity contribution in [3.8, 4) is 11.5 Å². The summed E-state index contributed by atoms with van der Waals surface area (Å²) in [6.45, 7) is 3.79. The second kappa shape index (κ2) is 5.13. The summed E-state index contributed by atoms with van der Waals surface area (Å²) >= 11 is 0. The van der Waals surface area contributed by atoms with Crippen molar-refractivity contribution in [3.63, 3.8) is 0 Å². The van der Waals surface area contributed by atoms with Gasteiger partial charge in [0.1, 0.15) is 11.5 Å². The van der Waals surface area contributed by atoms with Gasteiger partial charge in [-0.25, -0.2) is 0 Å². The molecule has 2 aliphatic rings. The summed E-state index contributed by atoms with van der Waals surface area (Å²) in [5.41, 5.74) is 6.94. The molecule has 0 aromatic heterocycles. The number of hydrogen-bond acceptors (Lipinski definition) is 5. The summed E-state index contributed by atoms with van der Waals surface area (Å²) in [5, 5.41) is 0. The number of nitrogens with zero attached hydrogens (tertiary/aromatic N) is 2. The van der Waals surface area contributed by atoms with E-state index in [0.29, 0.717) is 12.5 Å². The third-order valence-electron chi connectivity index (χ3n) is 4.55. The van der Waals surface area contributed by atoms with Gasteiger partial charge in [0, 0.05) is 12.1 Å². The van der Waals surface area contributed by atoms with Crippen LogP contribution in [-0.4, -0.2) is 38.2 Å². The lowest BCUT2D eigenvalue weighted by molar-refractivity contribution is 0.210. The highest BCUT2D eigenvalue weighted by molar-refractivity contribution is 5.81. The first kappa shape index (κ1) is 14.0. The molecule has 0 spiro atoms. The Balaban J connectivity index is 2.00. The number of hydrogen-bond donors (Lipinski definition) is 1. The van der Waals surface area contributed by atoms with Gasteiger partial charge in [-0.05, 0) is 43.9 Å². The highest BCUT2D eigenvalue weighted by Crippen LogP contribution is 2.42. The van der Waals surface area contributed by atoms with Crippen LogP contribution >= 0.6 is 0 Å². The third-order valence-corrected chi connectivity index (χ3v) is 4.55. The highest BCUT2D eigenvalue weighted by Gasteiger charge is 2.43. The first-order chi connectivity index (χ1) is 10.1. The number of aliphatic imine (C=N–C) groups is 1. The quantitative estimate of drug-likeness (QED) is 0.900. The van der Waals surface area contributed by atoms with Crippen LogP contribution < -0.4 is 15.2 Å². The summed E-state index contributed by atoms with van der Waals surface area (Å²) < 4.78 is 10.9. The van der Waals surface area contributed by atoms with E-state index in [0.717, 1.165) is 29.5 Å². The van der Waals surface area contributed by atoms with Crippen LogP contribution in [0.15, 0.2) is 23.2 Å². The molecule has 114 valence electrons. The maximum absolute atomic E-state index is 6.13. The Hall–Kier alpha value is -1.91. The molecule has 1 unspecified atom stereocenters. The summed E-state index contributed by atoms with van der Waals surface area (Å²) in [6, 6.07) is 5.90. The van der Waals surface area contributed by atoms with E-state index in [9.17, 15) is 0 Å². The topological polar surface area (TPSA) is 60.1 Å². The molecule has 2 N–H and O–H groups in total. The van der Waals surface area contributed by atoms with E-state index in [1.165, 1.54) is 12.8 Å². The minimum atomic E-state index is -0.271. The molecule has 1 fully saturated rings. The average molecular weight is 289 g/mol. The van der Waals surface area contributed by atoms with Crippen LogP contribution in [-0.2, 0) is 5.54 Å². The molecule has 1 aliphatic carbocycles. The first-order valence-corrected chi connectivity index (χ1v) is 7.38. The fourth-order valence-electron chi connectivity index (χ4n) is 2.98. The smallest absolute Gasteiger partial charge is 0.192 e. The maximum atomic E-state index is 6.13. The molecular weight excluding hydrogens is 266 g/mol. The normalized spacial score (nSPS) is 24.9. The molecule has 1 aromatic rings. The van der Waals surface area contributed by atoms with E-state index < -0.39 is 0 Å². The Morgan fingerprint density at radius 1 is 1.33 bits per heavy atom. The average Bonchev–Trinajstić information content (AvgIpc) is 3.28. The van der Waals surface area contributed by atoms with Crippen molar-refractivity contribution in [3.05, 3.63) is 23.8 Å². The van der Waals surface area contributed by atoms with Crippen LogP contribution in [0.3, 0.4) is 0 Å². The minimum Gasteiger partial charge on any atom is -0.497 e. The zero-order chi connectivity index (χ0) is 15.0. The fourth-order valence-corrected chi connectivity index (χ4v) is 2.98. The van der Waals surface area contributed by atoms with Crippen molar-refractivity contribution in [1.29, 1.82) is 0 Å². The highest BCUT2D eigenvalue weighted by atomic mass is 16.5. The minimum absolute atomic E-state index is 0.271. The van der Waals surface area contributed by atoms with Crippen molar-refractivity contribution >= 4 is 5.96 Å². The van der Waals surface area contributed by atoms with E-state index in [1.807, 2.05) is 18.2 Å². The molecular formula is C16H23N3O2. The Morgan fingerprint density at radius 2 is 2.10 bits per heavy atom. The number of methoxy groups -OCH3 is 2. The second-order valence-electron chi connectivity index (χ2n) is 6.07. The van der Waals surface area contributed by atoms with Gasteiger partial charge in [-0.15, -0.1) is 0 Å². The molecule has 21 heavy (non-hydrogen) atoms. The molecule has 0 radical (unpaired) electrons. The number of guanidine groups is 1. The van der Waals surface area contributed by atoms with Crippen LogP contribution in [0.25, 0.3) is 0 Å². The molecule has 3 rings (SSSR count). The lowest BCUT2D eigenvalue weighted by Crippen LogP contribution is -2.48. The molecule has 1 aliphatic heterocycles. The van der Waals surface area contributed by atoms with E-state index in [1.54, 1.807) is 14.2 Å². The molecule has 0 amide bonds. The summed E-state index contributed by atoms with van der Waals surface area (Å²) in [4.78, 5) is 6.71. The lowest BCUT2D eigenvalue weighted by atomic mass is 9.89. The first-order valence-electron chi connectivity index (χ1n) is 7.38. The zero-order valence-corrected chi connectivity index (χ0v) is 12.9. The molecule has 0 bridgehead atoms. The summed E-state index contributed by atoms with van der Waals surface area (Å²) in [6.07, 6.45) is 2.57. The van der Waals surface area contributed by atoms with E-state index >= 15 is 0 Å². The van der Waals surface area contributed by atoms with Gasteiger partial charge in [-0.1, -0.05) is 0 Å². The predicted octanol–water partition coefficient (Wildman–Crippen LogP) is 1.96. The Bertz CT molecular complexity index is 569. The van der Waals surface area contributed by atoms with Gasteiger partial charge in [0.05, 0.1) is 26.3 Å². The number of nitrogens with two attached hydrogens (primary N) is 1. The van der Waals surface area contributed by atoms with Crippen LogP contribution in [0, 0.1) is 5.92 Å². The zero-order valence-electron chi connectivity index (χ0n) is 12.9. The van der Waals surface area contributed by atoms with Gasteiger partial charge < -0.3 is 20.1 Å². The monoisotopic (exact) mass is 289 g/mol. The van der Waals surface area contributed by atoms with Crippen molar-refractivity contribution in [2.24, 2.45) is 16.6 Å². The summed E-state index contributed by atoms with van der Waals surface area (Å²) in [5.74, 6) is 3.05. The summed E-state index contributed by atoms with van der Waals surface area (Å²) in [7, 11) is 3.37. The van der Waals surface area contributed by atoms with Crippen LogP contribution in [0.5, 0.6) is 11.5 Å². The van der Waals surface area contributed by atoms with Crippen LogP contribution in [0.1, 0.15) is 25.3 Å². The van der Waals surface area contributed by atoms with Crippen molar-refractivity contribution < 1.29 is 9.47 Å². The van der Waals surface area contributed by atoms with Gasteiger partial charge in [0.25, 0.3) is 0 Å². The number of ether oxygens (including phenoxy) is 2. The van der Waals surface area contributed by atoms with Crippen molar-refractivity contribution in [2.45, 2.75) is 25.3 Å². The third kappa shape index (κ3) is 2.41. The Labute approximate surface area is 125 Å². The second-order valence-corrected chi connectivity index (χ2v) is 6.07. The van der Waals surface area contributed by atoms with Crippen LogP contribution in [0.2, 0.25) is 0 Å². The SMILES string of the molecule is COc1ccc(OC)c(C2(C)CN=C(N)N2CC2CC2)c1. The van der Waals surface area contributed by atoms with E-state index in [2.05, 4.69) is 16.8 Å². The predicted molar refractivity (Wildman–Crippen MR) is 82.8 cm³/mol. The van der Waals surface area contributed by atoms with Gasteiger partial charge in [-0.3, -0.25) is 4.99 Å². The molecule has 5 nitrogen and oxygen atoms in total. The molecule has 1 saturated carbocycles. The van der Waals surface area contributed by atoms with Crippen molar-refractivity contribution in [1.82, 2.24) is 4.90 Å². The molecule has 5 heteroatoms. The number of rotatable bonds is 5. The Kier molecular flexibility index (Phi) is 3.43. The molecule has 0 saturated heterocycles. The molecule has 1 atom stereocenters. The largest absolute Gasteiger partial charge is 0.497 e. The lowest BCUT2D eigenvalue weighted by Gasteiger charge is -2.37. The standard InChI is InChI=1S/C16H23N3O2/c1-16(10-18-15(17)19(16)9-11-4-5-11)13-8-12(20-2)6-7-14(13)21-3/h6-8,11H,4-5,9-10H2,1-3H3,(H2,17,18). The van der Waals surface area contributed by atoms with Gasteiger partial charge in [0.15, 0.2) is 5.96 Å². The van der Waals surface area contributed by atoms with Gasteiger partial charge >= 0.3 is 0 Å². The van der Waals surface area contributed by atoms with Gasteiger partial charge in [0.2, 0.25) is 0 Å². The fraction of sp³-hybridized carbons (Fsp3) is 0.562. The van der Waals surface area contributed by atoms with E-state index in [-0.39, 0.29) is 5.54 Å². The molecule has 1 heterocycles.